The number of benzene rings is 2. The predicted molar refractivity (Wildman–Crippen MR) is 98.9 cm³/mol. The molecule has 25 heavy (non-hydrogen) atoms. The lowest BCUT2D eigenvalue weighted by Gasteiger charge is -2.11. The first-order valence-electron chi connectivity index (χ1n) is 7.31. The molecule has 0 atom stereocenters. The highest BCUT2D eigenvalue weighted by molar-refractivity contribution is 9.10. The van der Waals surface area contributed by atoms with Gasteiger partial charge in [0.05, 0.1) is 5.69 Å². The van der Waals surface area contributed by atoms with Crippen molar-refractivity contribution in [2.75, 3.05) is 0 Å². The lowest BCUT2D eigenvalue weighted by atomic mass is 9.98. The van der Waals surface area contributed by atoms with E-state index in [4.69, 9.17) is 5.14 Å². The summed E-state index contributed by atoms with van der Waals surface area (Å²) in [7, 11) is -4.11. The van der Waals surface area contributed by atoms with E-state index in [9.17, 15) is 12.8 Å². The second-order valence-electron chi connectivity index (χ2n) is 5.55. The molecule has 0 bridgehead atoms. The van der Waals surface area contributed by atoms with Gasteiger partial charge in [0.25, 0.3) is 0 Å². The highest BCUT2D eigenvalue weighted by atomic mass is 79.9. The molecule has 2 aromatic carbocycles. The Morgan fingerprint density at radius 3 is 2.44 bits per heavy atom. The molecule has 0 spiro atoms. The number of nitrogens with zero attached hydrogens (tertiary/aromatic N) is 1. The Balaban J connectivity index is 2.16. The highest BCUT2D eigenvalue weighted by Crippen LogP contribution is 2.33. The molecule has 7 heteroatoms. The summed E-state index contributed by atoms with van der Waals surface area (Å²) in [6.45, 7) is 1.98. The van der Waals surface area contributed by atoms with E-state index in [0.29, 0.717) is 11.3 Å². The monoisotopic (exact) mass is 420 g/mol. The second kappa shape index (κ2) is 6.67. The van der Waals surface area contributed by atoms with Crippen molar-refractivity contribution in [3.8, 4) is 22.4 Å². The summed E-state index contributed by atoms with van der Waals surface area (Å²) in [5.74, 6) is -0.899. The van der Waals surface area contributed by atoms with Crippen LogP contribution in [0.25, 0.3) is 22.4 Å². The van der Waals surface area contributed by atoms with Crippen molar-refractivity contribution in [2.45, 2.75) is 11.8 Å². The molecular weight excluding hydrogens is 407 g/mol. The first kappa shape index (κ1) is 17.7. The van der Waals surface area contributed by atoms with Gasteiger partial charge in [-0.3, -0.25) is 4.98 Å². The van der Waals surface area contributed by atoms with Gasteiger partial charge in [-0.2, -0.15) is 0 Å². The largest absolute Gasteiger partial charge is 0.256 e. The van der Waals surface area contributed by atoms with Gasteiger partial charge in [-0.25, -0.2) is 17.9 Å². The average molecular weight is 421 g/mol. The molecule has 128 valence electrons. The molecule has 0 aliphatic heterocycles. The smallest absolute Gasteiger partial charge is 0.240 e. The van der Waals surface area contributed by atoms with Gasteiger partial charge in [0.1, 0.15) is 10.7 Å². The van der Waals surface area contributed by atoms with E-state index in [1.165, 1.54) is 6.07 Å². The minimum absolute atomic E-state index is 0.473. The van der Waals surface area contributed by atoms with E-state index >= 15 is 0 Å². The van der Waals surface area contributed by atoms with Gasteiger partial charge in [-0.15, -0.1) is 0 Å². The van der Waals surface area contributed by atoms with Crippen LogP contribution in [0.2, 0.25) is 0 Å². The zero-order valence-electron chi connectivity index (χ0n) is 13.2. The van der Waals surface area contributed by atoms with Crippen LogP contribution in [0.15, 0.2) is 64.1 Å². The van der Waals surface area contributed by atoms with Crippen molar-refractivity contribution in [1.29, 1.82) is 0 Å². The third kappa shape index (κ3) is 3.63. The van der Waals surface area contributed by atoms with Crippen LogP contribution >= 0.6 is 15.9 Å². The fraction of sp³-hybridized carbons (Fsp3) is 0.0556. The van der Waals surface area contributed by atoms with Crippen molar-refractivity contribution in [1.82, 2.24) is 4.98 Å². The molecule has 1 heterocycles. The first-order valence-corrected chi connectivity index (χ1v) is 9.65. The van der Waals surface area contributed by atoms with Gasteiger partial charge in [0.15, 0.2) is 0 Å². The zero-order chi connectivity index (χ0) is 18.2. The van der Waals surface area contributed by atoms with Gasteiger partial charge in [0.2, 0.25) is 10.0 Å². The molecular formula is C18H14BrFN2O2S. The number of halogens is 2. The topological polar surface area (TPSA) is 73.0 Å². The summed E-state index contributed by atoms with van der Waals surface area (Å²) in [5, 5.41) is 5.01. The minimum Gasteiger partial charge on any atom is -0.256 e. The lowest BCUT2D eigenvalue weighted by Crippen LogP contribution is -2.14. The van der Waals surface area contributed by atoms with E-state index in [1.54, 1.807) is 12.3 Å². The Labute approximate surface area is 153 Å². The van der Waals surface area contributed by atoms with Crippen LogP contribution in [0.5, 0.6) is 0 Å². The third-order valence-electron chi connectivity index (χ3n) is 3.79. The maximum atomic E-state index is 14.2. The summed E-state index contributed by atoms with van der Waals surface area (Å²) >= 11 is 3.47. The molecule has 0 saturated heterocycles. The molecule has 0 saturated carbocycles. The molecule has 0 unspecified atom stereocenters. The molecule has 0 aliphatic carbocycles. The number of hydrogen-bond acceptors (Lipinski definition) is 3. The van der Waals surface area contributed by atoms with Crippen LogP contribution in [0.1, 0.15) is 5.56 Å². The van der Waals surface area contributed by atoms with Crippen molar-refractivity contribution in [3.63, 3.8) is 0 Å². The van der Waals surface area contributed by atoms with Crippen molar-refractivity contribution in [3.05, 3.63) is 70.6 Å². The lowest BCUT2D eigenvalue weighted by molar-refractivity contribution is 0.568. The fourth-order valence-corrected chi connectivity index (χ4v) is 3.39. The maximum absolute atomic E-state index is 14.2. The Kier molecular flexibility index (Phi) is 4.73. The number of aromatic nitrogens is 1. The van der Waals surface area contributed by atoms with Crippen LogP contribution in [0.3, 0.4) is 0 Å². The summed E-state index contributed by atoms with van der Waals surface area (Å²) in [6, 6.07) is 13.4. The standard InChI is InChI=1S/C18H14BrFN2O2S/c1-11-9-12(4-6-15(11)19)14-3-2-8-22-18(14)13-5-7-17(16(20)10-13)25(21,23)24/h2-10H,1H3,(H2,21,23,24). The Morgan fingerprint density at radius 2 is 1.80 bits per heavy atom. The number of hydrogen-bond donors (Lipinski definition) is 1. The Morgan fingerprint density at radius 1 is 1.08 bits per heavy atom. The van der Waals surface area contributed by atoms with E-state index in [0.717, 1.165) is 33.3 Å². The molecule has 0 amide bonds. The van der Waals surface area contributed by atoms with Crippen molar-refractivity contribution in [2.24, 2.45) is 5.14 Å². The van der Waals surface area contributed by atoms with Crippen molar-refractivity contribution >= 4 is 26.0 Å². The van der Waals surface area contributed by atoms with Crippen LogP contribution in [-0.2, 0) is 10.0 Å². The number of sulfonamides is 1. The normalized spacial score (nSPS) is 11.5. The molecule has 3 aromatic rings. The molecule has 3 rings (SSSR count). The van der Waals surface area contributed by atoms with Crippen LogP contribution in [0, 0.1) is 12.7 Å². The Hall–Kier alpha value is -2.09. The quantitative estimate of drug-likeness (QED) is 0.687. The summed E-state index contributed by atoms with van der Waals surface area (Å²) in [6.07, 6.45) is 1.61. The third-order valence-corrected chi connectivity index (χ3v) is 5.62. The minimum atomic E-state index is -4.11. The molecule has 2 N–H and O–H groups in total. The number of rotatable bonds is 3. The summed E-state index contributed by atoms with van der Waals surface area (Å²) in [5.41, 5.74) is 3.84. The van der Waals surface area contributed by atoms with E-state index in [2.05, 4.69) is 20.9 Å². The first-order chi connectivity index (χ1) is 11.8. The number of pyridine rings is 1. The van der Waals surface area contributed by atoms with Gasteiger partial charge in [0, 0.05) is 21.8 Å². The van der Waals surface area contributed by atoms with Crippen LogP contribution in [-0.4, -0.2) is 13.4 Å². The molecule has 0 radical (unpaired) electrons. The van der Waals surface area contributed by atoms with Crippen molar-refractivity contribution < 1.29 is 12.8 Å². The van der Waals surface area contributed by atoms with Gasteiger partial charge < -0.3 is 0 Å². The molecule has 0 aliphatic rings. The SMILES string of the molecule is Cc1cc(-c2cccnc2-c2ccc(S(N)(=O)=O)c(F)c2)ccc1Br. The van der Waals surface area contributed by atoms with Gasteiger partial charge >= 0.3 is 0 Å². The number of aryl methyl sites for hydroxylation is 1. The van der Waals surface area contributed by atoms with Crippen LogP contribution < -0.4 is 5.14 Å². The van der Waals surface area contributed by atoms with Gasteiger partial charge in [-0.1, -0.05) is 40.2 Å². The van der Waals surface area contributed by atoms with E-state index in [1.807, 2.05) is 31.2 Å². The maximum Gasteiger partial charge on any atom is 0.240 e. The van der Waals surface area contributed by atoms with Gasteiger partial charge in [-0.05, 0) is 42.3 Å². The second-order valence-corrected chi connectivity index (χ2v) is 7.94. The van der Waals surface area contributed by atoms with E-state index < -0.39 is 20.7 Å². The van der Waals surface area contributed by atoms with E-state index in [-0.39, 0.29) is 0 Å². The van der Waals surface area contributed by atoms with Crippen LogP contribution in [0.4, 0.5) is 4.39 Å². The highest BCUT2D eigenvalue weighted by Gasteiger charge is 2.17. The average Bonchev–Trinajstić information content (AvgIpc) is 2.56. The molecule has 4 nitrogen and oxygen atoms in total. The molecule has 1 aromatic heterocycles. The summed E-state index contributed by atoms with van der Waals surface area (Å²) in [4.78, 5) is 3.82. The number of primary sulfonamides is 1. The Bertz CT molecular complexity index is 1070. The fourth-order valence-electron chi connectivity index (χ4n) is 2.56. The number of nitrogens with two attached hydrogens (primary N) is 1. The molecule has 0 fully saturated rings. The summed E-state index contributed by atoms with van der Waals surface area (Å²) < 4.78 is 37.9. The zero-order valence-corrected chi connectivity index (χ0v) is 15.6. The predicted octanol–water partition coefficient (Wildman–Crippen LogP) is 4.27.